The topological polar surface area (TPSA) is 74.8 Å². The van der Waals surface area contributed by atoms with Crippen molar-refractivity contribution >= 4 is 15.8 Å². The van der Waals surface area contributed by atoms with Gasteiger partial charge in [0.15, 0.2) is 5.82 Å². The number of nitrogens with one attached hydrogen (secondary N) is 2. The zero-order valence-corrected chi connectivity index (χ0v) is 8.76. The van der Waals surface area contributed by atoms with Crippen molar-refractivity contribution in [3.8, 4) is 0 Å². The molecule has 1 rings (SSSR count). The molecule has 0 saturated heterocycles. The molecular formula is C8H13N3O2S. The molecule has 0 amide bonds. The second kappa shape index (κ2) is 4.28. The first-order valence-electron chi connectivity index (χ1n) is 4.23. The van der Waals surface area contributed by atoms with E-state index in [1.54, 1.807) is 6.07 Å². The zero-order valence-electron chi connectivity index (χ0n) is 7.95. The minimum Gasteiger partial charge on any atom is -0.280 e. The Kier molecular flexibility index (Phi) is 3.29. The number of aromatic amines is 1. The summed E-state index contributed by atoms with van der Waals surface area (Å²) in [6, 6.07) is 1.67. The van der Waals surface area contributed by atoms with Gasteiger partial charge in [0.05, 0.1) is 5.75 Å². The first kappa shape index (κ1) is 10.8. The summed E-state index contributed by atoms with van der Waals surface area (Å²) in [4.78, 5) is 0. The fraction of sp³-hybridized carbons (Fsp3) is 0.375. The maximum absolute atomic E-state index is 11.3. The highest BCUT2D eigenvalue weighted by Crippen LogP contribution is 2.07. The van der Waals surface area contributed by atoms with E-state index >= 15 is 0 Å². The maximum Gasteiger partial charge on any atom is 0.237 e. The number of aromatic nitrogens is 2. The van der Waals surface area contributed by atoms with Gasteiger partial charge in [-0.1, -0.05) is 13.0 Å². The quantitative estimate of drug-likeness (QED) is 0.716. The molecule has 0 aliphatic carbocycles. The van der Waals surface area contributed by atoms with Gasteiger partial charge in [0.1, 0.15) is 0 Å². The molecule has 5 nitrogen and oxygen atoms in total. The minimum absolute atomic E-state index is 0.110. The van der Waals surface area contributed by atoms with Gasteiger partial charge >= 0.3 is 0 Å². The van der Waals surface area contributed by atoms with Crippen LogP contribution >= 0.6 is 0 Å². The highest BCUT2D eigenvalue weighted by atomic mass is 32.2. The van der Waals surface area contributed by atoms with Crippen molar-refractivity contribution in [2.45, 2.75) is 13.3 Å². The molecule has 14 heavy (non-hydrogen) atoms. The van der Waals surface area contributed by atoms with E-state index in [1.807, 2.05) is 6.92 Å². The molecule has 0 bridgehead atoms. The Hall–Kier alpha value is -1.30. The number of rotatable bonds is 5. The normalized spacial score (nSPS) is 11.2. The van der Waals surface area contributed by atoms with E-state index in [0.29, 0.717) is 5.82 Å². The Labute approximate surface area is 83.3 Å². The van der Waals surface area contributed by atoms with Crippen molar-refractivity contribution < 1.29 is 8.42 Å². The molecule has 0 unspecified atom stereocenters. The monoisotopic (exact) mass is 215 g/mol. The lowest BCUT2D eigenvalue weighted by Crippen LogP contribution is -2.15. The summed E-state index contributed by atoms with van der Waals surface area (Å²) in [7, 11) is -3.33. The molecule has 0 atom stereocenters. The Morgan fingerprint density at radius 1 is 1.71 bits per heavy atom. The molecular weight excluding hydrogens is 202 g/mol. The molecule has 6 heteroatoms. The highest BCUT2D eigenvalue weighted by molar-refractivity contribution is 7.92. The van der Waals surface area contributed by atoms with Crippen LogP contribution in [-0.2, 0) is 16.4 Å². The van der Waals surface area contributed by atoms with Crippen molar-refractivity contribution in [1.82, 2.24) is 10.2 Å². The number of anilines is 1. The van der Waals surface area contributed by atoms with Crippen LogP contribution in [0.1, 0.15) is 12.6 Å². The van der Waals surface area contributed by atoms with Crippen LogP contribution in [-0.4, -0.2) is 24.4 Å². The smallest absolute Gasteiger partial charge is 0.237 e. The van der Waals surface area contributed by atoms with Crippen molar-refractivity contribution in [2.24, 2.45) is 0 Å². The van der Waals surface area contributed by atoms with Crippen LogP contribution in [0.4, 0.5) is 5.82 Å². The third kappa shape index (κ3) is 2.88. The van der Waals surface area contributed by atoms with Crippen LogP contribution in [0.5, 0.6) is 0 Å². The predicted molar refractivity (Wildman–Crippen MR) is 55.6 cm³/mol. The second-order valence-corrected chi connectivity index (χ2v) is 4.57. The molecule has 0 aliphatic heterocycles. The van der Waals surface area contributed by atoms with Crippen molar-refractivity contribution in [2.75, 3.05) is 10.5 Å². The molecule has 0 radical (unpaired) electrons. The Balaban J connectivity index is 2.73. The molecule has 0 spiro atoms. The number of H-pyrrole nitrogens is 1. The molecule has 0 aliphatic rings. The lowest BCUT2D eigenvalue weighted by molar-refractivity contribution is 0.604. The molecule has 1 aromatic heterocycles. The second-order valence-electron chi connectivity index (χ2n) is 2.80. The van der Waals surface area contributed by atoms with Gasteiger partial charge in [0.2, 0.25) is 10.0 Å². The molecule has 0 fully saturated rings. The van der Waals surface area contributed by atoms with Crippen LogP contribution in [0.3, 0.4) is 0 Å². The fourth-order valence-electron chi connectivity index (χ4n) is 0.951. The summed E-state index contributed by atoms with van der Waals surface area (Å²) in [6.07, 6.45) is 2.12. The molecule has 78 valence electrons. The van der Waals surface area contributed by atoms with Gasteiger partial charge in [0, 0.05) is 11.8 Å². The van der Waals surface area contributed by atoms with Gasteiger partial charge < -0.3 is 0 Å². The van der Waals surface area contributed by atoms with Gasteiger partial charge in [0.25, 0.3) is 0 Å². The van der Waals surface area contributed by atoms with Crippen LogP contribution in [0.15, 0.2) is 18.7 Å². The van der Waals surface area contributed by atoms with Gasteiger partial charge in [-0.15, -0.1) is 6.58 Å². The van der Waals surface area contributed by atoms with Crippen LogP contribution < -0.4 is 4.72 Å². The summed E-state index contributed by atoms with van der Waals surface area (Å²) >= 11 is 0. The summed E-state index contributed by atoms with van der Waals surface area (Å²) < 4.78 is 24.9. The molecule has 1 heterocycles. The average molecular weight is 215 g/mol. The van der Waals surface area contributed by atoms with E-state index in [2.05, 4.69) is 21.5 Å². The van der Waals surface area contributed by atoms with Crippen LogP contribution in [0, 0.1) is 0 Å². The van der Waals surface area contributed by atoms with E-state index in [0.717, 1.165) is 12.1 Å². The summed E-state index contributed by atoms with van der Waals surface area (Å²) in [5.41, 5.74) is 0.890. The van der Waals surface area contributed by atoms with E-state index < -0.39 is 10.0 Å². The van der Waals surface area contributed by atoms with E-state index in [4.69, 9.17) is 0 Å². The molecule has 0 saturated carbocycles. The number of aryl methyl sites for hydroxylation is 1. The fourth-order valence-corrected chi connectivity index (χ4v) is 1.77. The largest absolute Gasteiger partial charge is 0.280 e. The van der Waals surface area contributed by atoms with Gasteiger partial charge in [-0.2, -0.15) is 5.10 Å². The molecule has 1 aromatic rings. The maximum atomic E-state index is 11.3. The van der Waals surface area contributed by atoms with Crippen LogP contribution in [0.2, 0.25) is 0 Å². The lowest BCUT2D eigenvalue weighted by atomic mass is 10.3. The number of hydrogen-bond acceptors (Lipinski definition) is 3. The SMILES string of the molecule is C=CCS(=O)(=O)Nc1cc(CC)[nH]n1. The Bertz CT molecular complexity index is 408. The summed E-state index contributed by atoms with van der Waals surface area (Å²) in [5, 5.41) is 6.52. The third-order valence-corrected chi connectivity index (χ3v) is 2.80. The van der Waals surface area contributed by atoms with Gasteiger partial charge in [-0.3, -0.25) is 9.82 Å². The van der Waals surface area contributed by atoms with E-state index in [-0.39, 0.29) is 5.75 Å². The van der Waals surface area contributed by atoms with E-state index in [1.165, 1.54) is 6.08 Å². The molecule has 0 aromatic carbocycles. The number of sulfonamides is 1. The van der Waals surface area contributed by atoms with Crippen molar-refractivity contribution in [1.29, 1.82) is 0 Å². The van der Waals surface area contributed by atoms with E-state index in [9.17, 15) is 8.42 Å². The average Bonchev–Trinajstić information content (AvgIpc) is 2.51. The van der Waals surface area contributed by atoms with Crippen molar-refractivity contribution in [3.63, 3.8) is 0 Å². The molecule has 2 N–H and O–H groups in total. The lowest BCUT2D eigenvalue weighted by Gasteiger charge is -2.00. The minimum atomic E-state index is -3.33. The van der Waals surface area contributed by atoms with Crippen LogP contribution in [0.25, 0.3) is 0 Å². The summed E-state index contributed by atoms with van der Waals surface area (Å²) in [5.74, 6) is 0.213. The predicted octanol–water partition coefficient (Wildman–Crippen LogP) is 0.900. The Morgan fingerprint density at radius 2 is 2.43 bits per heavy atom. The highest BCUT2D eigenvalue weighted by Gasteiger charge is 2.09. The first-order chi connectivity index (χ1) is 6.57. The Morgan fingerprint density at radius 3 is 2.93 bits per heavy atom. The van der Waals surface area contributed by atoms with Gasteiger partial charge in [-0.05, 0) is 6.42 Å². The first-order valence-corrected chi connectivity index (χ1v) is 5.88. The third-order valence-electron chi connectivity index (χ3n) is 1.61. The van der Waals surface area contributed by atoms with Gasteiger partial charge in [-0.25, -0.2) is 8.42 Å². The van der Waals surface area contributed by atoms with Crippen molar-refractivity contribution in [3.05, 3.63) is 24.4 Å². The number of nitrogens with zero attached hydrogens (tertiary/aromatic N) is 1. The zero-order chi connectivity index (χ0) is 10.6. The standard InChI is InChI=1S/C8H13N3O2S/c1-3-5-14(12,13)11-8-6-7(4-2)9-10-8/h3,6H,1,4-5H2,2H3,(H2,9,10,11). The number of hydrogen-bond donors (Lipinski definition) is 2. The summed E-state index contributed by atoms with van der Waals surface area (Å²) in [6.45, 7) is 5.32.